The normalized spacial score (nSPS) is 19.4. The summed E-state index contributed by atoms with van der Waals surface area (Å²) in [4.78, 5) is 48.1. The second-order valence-corrected chi connectivity index (χ2v) is 27.1. The number of carbonyl (C=O) groups is 4. The average molecular weight is 1650 g/mol. The third kappa shape index (κ3) is 30.6. The van der Waals surface area contributed by atoms with Gasteiger partial charge in [0.15, 0.2) is 26.4 Å². The van der Waals surface area contributed by atoms with Gasteiger partial charge in [-0.2, -0.15) is 26.3 Å². The van der Waals surface area contributed by atoms with Crippen molar-refractivity contribution in [2.45, 2.75) is 166 Å². The van der Waals surface area contributed by atoms with Gasteiger partial charge in [-0.3, -0.25) is 19.2 Å². The van der Waals surface area contributed by atoms with E-state index in [0.29, 0.717) is 131 Å². The lowest BCUT2D eigenvalue weighted by Crippen LogP contribution is -2.43. The molecule has 115 heavy (non-hydrogen) atoms. The maximum absolute atomic E-state index is 12.8. The zero-order chi connectivity index (χ0) is 82.1. The van der Waals surface area contributed by atoms with Gasteiger partial charge in [0.2, 0.25) is 23.6 Å². The van der Waals surface area contributed by atoms with Crippen molar-refractivity contribution in [2.24, 2.45) is 5.92 Å². The number of hydrogen-bond donors (Lipinski definition) is 4. The quantitative estimate of drug-likeness (QED) is 0.0284. The van der Waals surface area contributed by atoms with E-state index >= 15 is 0 Å². The summed E-state index contributed by atoms with van der Waals surface area (Å²) < 4.78 is 175. The molecule has 626 valence electrons. The molecule has 4 aliphatic heterocycles. The molecule has 32 nitrogen and oxygen atoms in total. The number of halogens is 8. The van der Waals surface area contributed by atoms with Crippen molar-refractivity contribution in [3.63, 3.8) is 0 Å². The molecule has 0 unspecified atom stereocenters. The van der Waals surface area contributed by atoms with Gasteiger partial charge in [-0.15, -0.1) is 20.4 Å². The number of ether oxygens (including phenoxy) is 12. The lowest BCUT2D eigenvalue weighted by molar-refractivity contribution is -0.138. The third-order valence-corrected chi connectivity index (χ3v) is 16.9. The number of benzene rings is 4. The van der Waals surface area contributed by atoms with Crippen molar-refractivity contribution < 1.29 is 124 Å². The summed E-state index contributed by atoms with van der Waals surface area (Å²) in [6.07, 6.45) is -1.98. The standard InChI is InChI=1S/C20H24F3N3O5.C19H22F3N3O5.C18H22ClN3O5.C18H22FN3O5/c1-12(2)9-30-19-26-25-18(31-19)16-8-5-14(10-29-16)24-17(27)11-28-15-6-3-13(4-7-15)20(21,22)23;1-2-9-27-18-25-24-17(30-18)15-8-5-13(10-29-15)23-16(26)11-28-14-6-3-12(4-7-14)19(20,21)22;2*1-2-9-24-18-22-21-17(27-18)15-8-5-13(10-26-15)20-16(23)11-25-14-6-3-12(19)4-7-14/h3-4,6-7,12,14,16H,5,8-11H2,1-2H3,(H,24,27);3-4,6-7,13,15H,2,5,8-11H2,1H3,(H,23,26);2*3-4,6-7,13,15H,2,5,8-11H2,1H3,(H,20,23)/t14-,16+;3*13-,15+/m1111/s1. The molecule has 0 saturated carbocycles. The predicted octanol–water partition coefficient (Wildman–Crippen LogP) is 12.2. The second kappa shape index (κ2) is 44.9. The van der Waals surface area contributed by atoms with Crippen molar-refractivity contribution >= 4 is 35.2 Å². The third-order valence-electron chi connectivity index (χ3n) is 16.7. The Morgan fingerprint density at radius 2 is 0.652 bits per heavy atom. The lowest BCUT2D eigenvalue weighted by Gasteiger charge is -2.27. The van der Waals surface area contributed by atoms with Crippen molar-refractivity contribution in [1.29, 1.82) is 0 Å². The molecule has 4 aromatic carbocycles. The molecule has 4 aromatic heterocycles. The minimum absolute atomic E-state index is 0.0661. The van der Waals surface area contributed by atoms with Crippen LogP contribution in [0.15, 0.2) is 115 Å². The monoisotopic (exact) mass is 1650 g/mol. The Hall–Kier alpha value is -10.6. The van der Waals surface area contributed by atoms with Gasteiger partial charge in [-0.05, 0) is 174 Å². The van der Waals surface area contributed by atoms with E-state index in [-0.39, 0.29) is 142 Å². The Balaban J connectivity index is 0.000000176. The van der Waals surface area contributed by atoms with E-state index in [1.54, 1.807) is 24.3 Å². The number of nitrogens with one attached hydrogen (secondary N) is 4. The zero-order valence-corrected chi connectivity index (χ0v) is 64.2. The molecule has 0 aliphatic carbocycles. The molecule has 4 fully saturated rings. The summed E-state index contributed by atoms with van der Waals surface area (Å²) in [6, 6.07) is 20.0. The van der Waals surface area contributed by atoms with Crippen LogP contribution in [0.4, 0.5) is 30.7 Å². The maximum atomic E-state index is 12.8. The number of aromatic nitrogens is 8. The van der Waals surface area contributed by atoms with Crippen LogP contribution in [0.5, 0.6) is 47.3 Å². The van der Waals surface area contributed by atoms with E-state index in [1.807, 2.05) is 34.6 Å². The summed E-state index contributed by atoms with van der Waals surface area (Å²) in [6.45, 7) is 12.3. The number of nitrogens with zero attached hydrogens (tertiary/aromatic N) is 8. The molecule has 4 amide bonds. The Bertz CT molecular complexity index is 4060. The zero-order valence-electron chi connectivity index (χ0n) is 63.5. The summed E-state index contributed by atoms with van der Waals surface area (Å²) in [5.74, 6) is 1.53. The van der Waals surface area contributed by atoms with E-state index in [2.05, 4.69) is 62.1 Å². The molecule has 8 aromatic rings. The fourth-order valence-corrected chi connectivity index (χ4v) is 11.0. The van der Waals surface area contributed by atoms with Crippen molar-refractivity contribution in [3.05, 3.63) is 143 Å². The molecule has 0 bridgehead atoms. The van der Waals surface area contributed by atoms with Crippen LogP contribution in [0.25, 0.3) is 0 Å². The van der Waals surface area contributed by atoms with Crippen molar-refractivity contribution in [3.8, 4) is 47.3 Å². The maximum Gasteiger partial charge on any atom is 0.416 e. The van der Waals surface area contributed by atoms with Gasteiger partial charge in [0, 0.05) is 5.02 Å². The van der Waals surface area contributed by atoms with Gasteiger partial charge in [0.25, 0.3) is 23.6 Å². The minimum Gasteiger partial charge on any atom is -0.484 e. The van der Waals surface area contributed by atoms with Gasteiger partial charge in [0.05, 0.1) is 88.1 Å². The van der Waals surface area contributed by atoms with Crippen LogP contribution in [0.2, 0.25) is 5.02 Å². The number of hydrogen-bond acceptors (Lipinski definition) is 28. The highest BCUT2D eigenvalue weighted by Gasteiger charge is 2.35. The van der Waals surface area contributed by atoms with Gasteiger partial charge < -0.3 is 95.8 Å². The van der Waals surface area contributed by atoms with Gasteiger partial charge in [-0.25, -0.2) is 4.39 Å². The van der Waals surface area contributed by atoms with E-state index in [4.69, 9.17) is 86.1 Å². The van der Waals surface area contributed by atoms with Crippen molar-refractivity contribution in [1.82, 2.24) is 62.1 Å². The molecule has 8 atom stereocenters. The van der Waals surface area contributed by atoms with E-state index < -0.39 is 35.3 Å². The summed E-state index contributed by atoms with van der Waals surface area (Å²) >= 11 is 5.81. The molecule has 8 heterocycles. The smallest absolute Gasteiger partial charge is 0.416 e. The SMILES string of the molecule is CC(C)COc1nnc([C@@H]2CC[C@@H](NC(=O)COc3ccc(C(F)(F)F)cc3)CO2)o1.CCCOc1nnc([C@@H]2CC[C@@H](NC(=O)COc3ccc(C(F)(F)F)cc3)CO2)o1.CCCOc1nnc([C@@H]2CC[C@@H](NC(=O)COc3ccc(Cl)cc3)CO2)o1.CCCOc1nnc([C@@H]2CC[C@@H](NC(=O)COc3ccc(F)cc3)CO2)o1. The van der Waals surface area contributed by atoms with E-state index in [1.165, 1.54) is 48.5 Å². The van der Waals surface area contributed by atoms with Gasteiger partial charge in [0.1, 0.15) is 53.2 Å². The van der Waals surface area contributed by atoms with Crippen LogP contribution in [-0.2, 0) is 50.5 Å². The Kier molecular flexibility index (Phi) is 34.5. The topological polar surface area (TPSA) is 383 Å². The Labute approximate surface area is 660 Å². The first kappa shape index (κ1) is 88.3. The molecular weight excluding hydrogens is 1560 g/mol. The second-order valence-electron chi connectivity index (χ2n) is 26.6. The highest BCUT2D eigenvalue weighted by Crippen LogP contribution is 2.35. The molecule has 40 heteroatoms. The fourth-order valence-electron chi connectivity index (χ4n) is 10.9. The molecular formula is C75H90ClF7N12O20. The van der Waals surface area contributed by atoms with Gasteiger partial charge in [-0.1, -0.05) is 66.6 Å². The first-order valence-electron chi connectivity index (χ1n) is 37.2. The fraction of sp³-hybridized carbons (Fsp3) is 0.520. The van der Waals surface area contributed by atoms with E-state index in [9.17, 15) is 49.9 Å². The predicted molar refractivity (Wildman–Crippen MR) is 387 cm³/mol. The van der Waals surface area contributed by atoms with Gasteiger partial charge >= 0.3 is 36.7 Å². The minimum atomic E-state index is -4.42. The molecule has 12 rings (SSSR count). The summed E-state index contributed by atoms with van der Waals surface area (Å²) in [5.41, 5.74) is -1.56. The number of amides is 4. The van der Waals surface area contributed by atoms with Crippen LogP contribution in [0, 0.1) is 11.7 Å². The number of rotatable bonds is 32. The molecule has 4 saturated heterocycles. The largest absolute Gasteiger partial charge is 0.484 e. The van der Waals surface area contributed by atoms with Crippen LogP contribution >= 0.6 is 11.6 Å². The Morgan fingerprint density at radius 1 is 0.391 bits per heavy atom. The Morgan fingerprint density at radius 3 is 0.896 bits per heavy atom. The van der Waals surface area contributed by atoms with Crippen LogP contribution in [-0.4, -0.2) is 168 Å². The summed E-state index contributed by atoms with van der Waals surface area (Å²) in [7, 11) is 0. The number of carbonyl (C=O) groups excluding carboxylic acids is 4. The molecule has 0 radical (unpaired) electrons. The van der Waals surface area contributed by atoms with Crippen LogP contribution in [0.1, 0.15) is 164 Å². The van der Waals surface area contributed by atoms with Crippen LogP contribution in [0.3, 0.4) is 0 Å². The molecule has 0 spiro atoms. The van der Waals surface area contributed by atoms with Crippen molar-refractivity contribution in [2.75, 3.05) is 79.3 Å². The lowest BCUT2D eigenvalue weighted by atomic mass is 10.1. The number of alkyl halides is 6. The van der Waals surface area contributed by atoms with E-state index in [0.717, 1.165) is 49.9 Å². The highest BCUT2D eigenvalue weighted by molar-refractivity contribution is 6.30. The first-order valence-corrected chi connectivity index (χ1v) is 37.6. The highest BCUT2D eigenvalue weighted by atomic mass is 35.5. The summed E-state index contributed by atoms with van der Waals surface area (Å²) in [5, 5.41) is 43.0. The first-order chi connectivity index (χ1) is 55.3. The molecule has 4 aliphatic rings. The van der Waals surface area contributed by atoms with Crippen LogP contribution < -0.4 is 59.2 Å². The molecule has 4 N–H and O–H groups in total. The average Bonchev–Trinajstić information content (AvgIpc) is 1.39.